The van der Waals surface area contributed by atoms with Gasteiger partial charge in [-0.3, -0.25) is 9.59 Å². The number of amides is 2. The van der Waals surface area contributed by atoms with E-state index in [0.717, 1.165) is 16.7 Å². The van der Waals surface area contributed by atoms with Crippen LogP contribution in [-0.4, -0.2) is 22.8 Å². The topological polar surface area (TPSA) is 63.7 Å². The summed E-state index contributed by atoms with van der Waals surface area (Å²) in [6, 6.07) is 5.95. The summed E-state index contributed by atoms with van der Waals surface area (Å²) in [4.78, 5) is 40.7. The van der Waals surface area contributed by atoms with Crippen LogP contribution >= 0.6 is 11.3 Å². The third-order valence-electron chi connectivity index (χ3n) is 3.08. The molecule has 1 aromatic carbocycles. The van der Waals surface area contributed by atoms with Gasteiger partial charge in [0.05, 0.1) is 16.7 Å². The van der Waals surface area contributed by atoms with Crippen molar-refractivity contribution in [2.45, 2.75) is 6.43 Å². The zero-order chi connectivity index (χ0) is 15.9. The first-order chi connectivity index (χ1) is 10.5. The van der Waals surface area contributed by atoms with Crippen molar-refractivity contribution in [3.05, 3.63) is 57.3 Å². The molecule has 1 aliphatic heterocycles. The molecule has 112 valence electrons. The Balaban J connectivity index is 1.86. The summed E-state index contributed by atoms with van der Waals surface area (Å²) in [6.45, 7) is 0. The number of hydrogen-bond acceptors (Lipinski definition) is 5. The van der Waals surface area contributed by atoms with E-state index in [1.165, 1.54) is 17.5 Å². The lowest BCUT2D eigenvalue weighted by Crippen LogP contribution is -2.32. The molecule has 0 atom stereocenters. The van der Waals surface area contributed by atoms with E-state index < -0.39 is 29.8 Å². The maximum Gasteiger partial charge on any atom is 0.365 e. The first-order valence-corrected chi connectivity index (χ1v) is 6.99. The molecule has 0 saturated heterocycles. The number of thiophene rings is 1. The van der Waals surface area contributed by atoms with Crippen LogP contribution in [0.3, 0.4) is 0 Å². The molecular weight excluding hydrogens is 316 g/mol. The standard InChI is InChI=1S/C14H7F2NO4S/c15-11(16)9-5-22-6-10(9)14(20)21-17-12(18)7-3-1-2-4-8(7)13(17)19/h1-6,11H. The summed E-state index contributed by atoms with van der Waals surface area (Å²) >= 11 is 0.901. The highest BCUT2D eigenvalue weighted by Crippen LogP contribution is 2.28. The van der Waals surface area contributed by atoms with Crippen molar-refractivity contribution < 1.29 is 28.0 Å². The molecule has 0 aliphatic carbocycles. The van der Waals surface area contributed by atoms with E-state index in [-0.39, 0.29) is 16.7 Å². The average molecular weight is 323 g/mol. The number of alkyl halides is 2. The van der Waals surface area contributed by atoms with E-state index in [0.29, 0.717) is 5.06 Å². The molecule has 22 heavy (non-hydrogen) atoms. The fourth-order valence-electron chi connectivity index (χ4n) is 2.02. The number of halogens is 2. The van der Waals surface area contributed by atoms with Crippen molar-refractivity contribution in [2.24, 2.45) is 0 Å². The summed E-state index contributed by atoms with van der Waals surface area (Å²) < 4.78 is 25.5. The van der Waals surface area contributed by atoms with Gasteiger partial charge in [0.2, 0.25) is 0 Å². The summed E-state index contributed by atoms with van der Waals surface area (Å²) in [5.41, 5.74) is -0.664. The SMILES string of the molecule is O=C(ON1C(=O)c2ccccc2C1=O)c1cscc1C(F)F. The Labute approximate surface area is 126 Å². The van der Waals surface area contributed by atoms with Gasteiger partial charge in [-0.25, -0.2) is 13.6 Å². The molecule has 2 amide bonds. The van der Waals surface area contributed by atoms with Gasteiger partial charge in [0.15, 0.2) is 0 Å². The van der Waals surface area contributed by atoms with Gasteiger partial charge in [-0.1, -0.05) is 17.2 Å². The molecule has 0 fully saturated rings. The van der Waals surface area contributed by atoms with E-state index >= 15 is 0 Å². The molecule has 0 radical (unpaired) electrons. The molecule has 5 nitrogen and oxygen atoms in total. The number of imide groups is 1. The maximum absolute atomic E-state index is 12.8. The van der Waals surface area contributed by atoms with Gasteiger partial charge >= 0.3 is 5.97 Å². The Morgan fingerprint density at radius 2 is 1.68 bits per heavy atom. The predicted octanol–water partition coefficient (Wildman–Crippen LogP) is 3.05. The number of hydrogen-bond donors (Lipinski definition) is 0. The third-order valence-corrected chi connectivity index (χ3v) is 3.84. The minimum absolute atomic E-state index is 0.0969. The van der Waals surface area contributed by atoms with Gasteiger partial charge in [-0.2, -0.15) is 11.3 Å². The number of carbonyl (C=O) groups excluding carboxylic acids is 3. The maximum atomic E-state index is 12.8. The Hall–Kier alpha value is -2.61. The molecule has 0 bridgehead atoms. The molecule has 0 spiro atoms. The molecule has 0 unspecified atom stereocenters. The van der Waals surface area contributed by atoms with E-state index in [1.807, 2.05) is 0 Å². The minimum atomic E-state index is -2.85. The van der Waals surface area contributed by atoms with Gasteiger partial charge in [0.25, 0.3) is 18.2 Å². The van der Waals surface area contributed by atoms with Crippen LogP contribution in [0.5, 0.6) is 0 Å². The van der Waals surface area contributed by atoms with Crippen LogP contribution < -0.4 is 0 Å². The van der Waals surface area contributed by atoms with Crippen molar-refractivity contribution in [1.82, 2.24) is 5.06 Å². The van der Waals surface area contributed by atoms with Crippen LogP contribution in [0.4, 0.5) is 8.78 Å². The Bertz CT molecular complexity index is 752. The smallest absolute Gasteiger partial charge is 0.324 e. The second kappa shape index (κ2) is 5.30. The van der Waals surface area contributed by atoms with Gasteiger partial charge in [0.1, 0.15) is 0 Å². The van der Waals surface area contributed by atoms with Crippen LogP contribution in [0.1, 0.15) is 43.1 Å². The van der Waals surface area contributed by atoms with Crippen LogP contribution in [0.25, 0.3) is 0 Å². The Morgan fingerprint density at radius 1 is 1.09 bits per heavy atom. The number of hydroxylamine groups is 2. The normalized spacial score (nSPS) is 13.7. The summed E-state index contributed by atoms with van der Waals surface area (Å²) in [7, 11) is 0. The lowest BCUT2D eigenvalue weighted by molar-refractivity contribution is -0.0586. The quantitative estimate of drug-likeness (QED) is 0.815. The van der Waals surface area contributed by atoms with Crippen LogP contribution in [0.2, 0.25) is 0 Å². The van der Waals surface area contributed by atoms with Crippen molar-refractivity contribution in [3.63, 3.8) is 0 Å². The molecule has 0 saturated carbocycles. The summed E-state index contributed by atoms with van der Waals surface area (Å²) in [6.07, 6.45) is -2.85. The van der Waals surface area contributed by atoms with Crippen LogP contribution in [-0.2, 0) is 4.84 Å². The Morgan fingerprint density at radius 3 is 2.23 bits per heavy atom. The van der Waals surface area contributed by atoms with Crippen LogP contribution in [0.15, 0.2) is 35.0 Å². The second-order valence-electron chi connectivity index (χ2n) is 4.37. The number of fused-ring (bicyclic) bond motifs is 1. The van der Waals surface area contributed by atoms with E-state index in [9.17, 15) is 23.2 Å². The number of benzene rings is 1. The highest BCUT2D eigenvalue weighted by molar-refractivity contribution is 7.08. The third kappa shape index (κ3) is 2.17. The van der Waals surface area contributed by atoms with Crippen LogP contribution in [0, 0.1) is 0 Å². The van der Waals surface area contributed by atoms with Gasteiger partial charge in [-0.05, 0) is 12.1 Å². The van der Waals surface area contributed by atoms with E-state index in [2.05, 4.69) is 0 Å². The fourth-order valence-corrected chi connectivity index (χ4v) is 2.84. The second-order valence-corrected chi connectivity index (χ2v) is 5.11. The molecule has 1 aliphatic rings. The zero-order valence-electron chi connectivity index (χ0n) is 10.8. The zero-order valence-corrected chi connectivity index (χ0v) is 11.6. The predicted molar refractivity (Wildman–Crippen MR) is 71.6 cm³/mol. The largest absolute Gasteiger partial charge is 0.365 e. The number of nitrogens with zero attached hydrogens (tertiary/aromatic N) is 1. The van der Waals surface area contributed by atoms with Gasteiger partial charge in [0, 0.05) is 16.3 Å². The summed E-state index contributed by atoms with van der Waals surface area (Å²) in [5, 5.41) is 2.59. The molecular formula is C14H7F2NO4S. The molecule has 0 N–H and O–H groups in total. The molecule has 1 aromatic heterocycles. The fraction of sp³-hybridized carbons (Fsp3) is 0.0714. The molecule has 3 rings (SSSR count). The first-order valence-electron chi connectivity index (χ1n) is 6.05. The molecule has 2 heterocycles. The molecule has 8 heteroatoms. The lowest BCUT2D eigenvalue weighted by atomic mass is 10.1. The van der Waals surface area contributed by atoms with Crippen molar-refractivity contribution in [1.29, 1.82) is 0 Å². The minimum Gasteiger partial charge on any atom is -0.324 e. The monoisotopic (exact) mass is 323 g/mol. The van der Waals surface area contributed by atoms with Crippen molar-refractivity contribution in [3.8, 4) is 0 Å². The van der Waals surface area contributed by atoms with Crippen molar-refractivity contribution in [2.75, 3.05) is 0 Å². The number of carbonyl (C=O) groups is 3. The van der Waals surface area contributed by atoms with Gasteiger partial charge in [-0.15, -0.1) is 0 Å². The summed E-state index contributed by atoms with van der Waals surface area (Å²) in [5.74, 6) is -2.78. The van der Waals surface area contributed by atoms with Crippen molar-refractivity contribution >= 4 is 29.1 Å². The molecule has 2 aromatic rings. The lowest BCUT2D eigenvalue weighted by Gasteiger charge is -2.12. The van der Waals surface area contributed by atoms with E-state index in [4.69, 9.17) is 4.84 Å². The highest BCUT2D eigenvalue weighted by Gasteiger charge is 2.39. The number of rotatable bonds is 3. The van der Waals surface area contributed by atoms with Gasteiger partial charge < -0.3 is 4.84 Å². The average Bonchev–Trinajstić information content (AvgIpc) is 3.08. The Kier molecular flexibility index (Phi) is 3.45. The van der Waals surface area contributed by atoms with E-state index in [1.54, 1.807) is 12.1 Å². The first kappa shape index (κ1) is 14.3. The highest BCUT2D eigenvalue weighted by atomic mass is 32.1.